The molecule has 0 N–H and O–H groups in total. The number of ether oxygens (including phenoxy) is 4. The molecule has 4 rings (SSSR count). The van der Waals surface area contributed by atoms with Crippen LogP contribution in [0.3, 0.4) is 0 Å². The molecule has 1 fully saturated rings. The van der Waals surface area contributed by atoms with Gasteiger partial charge in [0, 0.05) is 11.8 Å². The van der Waals surface area contributed by atoms with E-state index in [1.165, 1.54) is 0 Å². The highest BCUT2D eigenvalue weighted by molar-refractivity contribution is 6.05. The van der Waals surface area contributed by atoms with Crippen LogP contribution < -0.4 is 14.4 Å². The highest BCUT2D eigenvalue weighted by Gasteiger charge is 2.50. The van der Waals surface area contributed by atoms with Crippen LogP contribution in [0.25, 0.3) is 0 Å². The number of rotatable bonds is 10. The second-order valence-corrected chi connectivity index (χ2v) is 9.08. The van der Waals surface area contributed by atoms with Gasteiger partial charge in [0.2, 0.25) is 0 Å². The summed E-state index contributed by atoms with van der Waals surface area (Å²) in [6.45, 7) is 8.05. The Bertz CT molecular complexity index is 1270. The van der Waals surface area contributed by atoms with E-state index in [-0.39, 0.29) is 19.1 Å². The van der Waals surface area contributed by atoms with E-state index in [0.717, 1.165) is 33.6 Å². The van der Waals surface area contributed by atoms with Gasteiger partial charge in [0.05, 0.1) is 19.8 Å². The Kier molecular flexibility index (Phi) is 8.14. The third-order valence-corrected chi connectivity index (χ3v) is 6.63. The smallest absolute Gasteiger partial charge is 0.332 e. The van der Waals surface area contributed by atoms with E-state index in [2.05, 4.69) is 0 Å². The molecule has 0 aromatic heterocycles. The van der Waals surface area contributed by atoms with E-state index in [0.29, 0.717) is 18.0 Å². The largest absolute Gasteiger partial charge is 0.496 e. The fourth-order valence-corrected chi connectivity index (χ4v) is 4.45. The van der Waals surface area contributed by atoms with Crippen LogP contribution in [-0.4, -0.2) is 38.3 Å². The van der Waals surface area contributed by atoms with Gasteiger partial charge in [0.25, 0.3) is 5.91 Å². The number of esters is 1. The molecule has 2 atom stereocenters. The van der Waals surface area contributed by atoms with Gasteiger partial charge in [-0.15, -0.1) is 0 Å². The average molecular weight is 504 g/mol. The number of methoxy groups -OCH3 is 1. The Labute approximate surface area is 217 Å². The molecule has 0 radical (unpaired) electrons. The minimum absolute atomic E-state index is 0.230. The van der Waals surface area contributed by atoms with E-state index in [4.69, 9.17) is 18.9 Å². The number of anilines is 1. The van der Waals surface area contributed by atoms with Crippen LogP contribution >= 0.6 is 0 Å². The number of β-lactam (4-membered cyclic amide) rings is 1. The number of benzene rings is 3. The lowest BCUT2D eigenvalue weighted by Crippen LogP contribution is -2.60. The first kappa shape index (κ1) is 26.2. The highest BCUT2D eigenvalue weighted by Crippen LogP contribution is 2.44. The van der Waals surface area contributed by atoms with Crippen LogP contribution in [0.1, 0.15) is 40.8 Å². The van der Waals surface area contributed by atoms with Gasteiger partial charge in [0.15, 0.2) is 6.10 Å². The van der Waals surface area contributed by atoms with Gasteiger partial charge in [-0.25, -0.2) is 4.79 Å². The quantitative estimate of drug-likeness (QED) is 0.278. The lowest BCUT2D eigenvalue weighted by atomic mass is 9.88. The molecule has 37 heavy (non-hydrogen) atoms. The van der Waals surface area contributed by atoms with Gasteiger partial charge < -0.3 is 18.9 Å². The van der Waals surface area contributed by atoms with Crippen molar-refractivity contribution in [1.82, 2.24) is 0 Å². The number of carbonyl (C=O) groups excluding carboxylic acids is 2. The van der Waals surface area contributed by atoms with Gasteiger partial charge in [-0.05, 0) is 67.6 Å². The predicted molar refractivity (Wildman–Crippen MR) is 141 cm³/mol. The molecular formula is C30H33NO6. The van der Waals surface area contributed by atoms with Gasteiger partial charge in [0.1, 0.15) is 24.7 Å². The molecule has 0 aliphatic carbocycles. The Hall–Kier alpha value is -3.84. The van der Waals surface area contributed by atoms with Crippen molar-refractivity contribution in [3.05, 3.63) is 88.5 Å². The number of hydrogen-bond acceptors (Lipinski definition) is 6. The molecule has 3 aromatic rings. The maximum atomic E-state index is 13.4. The number of hydrogen-bond donors (Lipinski definition) is 0. The SMILES string of the molecule is CCOC(=O)CO[C@H]1C(=O)N(c2cc(C)c(C)c(OC)c2)[C@H]1c1ccc(C)c(OCc2ccccc2)c1. The second kappa shape index (κ2) is 11.5. The fourth-order valence-electron chi connectivity index (χ4n) is 4.45. The van der Waals surface area contributed by atoms with Crippen molar-refractivity contribution >= 4 is 17.6 Å². The summed E-state index contributed by atoms with van der Waals surface area (Å²) < 4.78 is 22.5. The van der Waals surface area contributed by atoms with Crippen molar-refractivity contribution < 1.29 is 28.5 Å². The van der Waals surface area contributed by atoms with Crippen molar-refractivity contribution in [3.63, 3.8) is 0 Å². The standard InChI is InChI=1S/C30H33NO6/c1-6-35-27(32)18-37-29-28(31(30(29)33)24-14-20(3)21(4)26(16-24)34-5)23-13-12-19(2)25(15-23)36-17-22-10-8-7-9-11-22/h7-16,28-29H,6,17-18H2,1-5H3/t28-,29+/m0/s1. The van der Waals surface area contributed by atoms with Crippen LogP contribution in [0.4, 0.5) is 5.69 Å². The van der Waals surface area contributed by atoms with Gasteiger partial charge >= 0.3 is 5.97 Å². The van der Waals surface area contributed by atoms with Crippen molar-refractivity contribution in [2.24, 2.45) is 0 Å². The molecule has 1 amide bonds. The first-order valence-corrected chi connectivity index (χ1v) is 12.4. The molecule has 0 saturated carbocycles. The van der Waals surface area contributed by atoms with Gasteiger partial charge in [-0.1, -0.05) is 42.5 Å². The number of nitrogens with zero attached hydrogens (tertiary/aromatic N) is 1. The summed E-state index contributed by atoms with van der Waals surface area (Å²) in [6, 6.07) is 19.2. The summed E-state index contributed by atoms with van der Waals surface area (Å²) in [7, 11) is 1.61. The van der Waals surface area contributed by atoms with E-state index in [9.17, 15) is 9.59 Å². The fraction of sp³-hybridized carbons (Fsp3) is 0.333. The maximum Gasteiger partial charge on any atom is 0.332 e. The summed E-state index contributed by atoms with van der Waals surface area (Å²) in [5, 5.41) is 0. The molecule has 0 spiro atoms. The third kappa shape index (κ3) is 5.62. The van der Waals surface area contributed by atoms with Crippen molar-refractivity contribution in [1.29, 1.82) is 0 Å². The van der Waals surface area contributed by atoms with Crippen LogP contribution in [-0.2, 0) is 25.7 Å². The normalized spacial score (nSPS) is 16.8. The average Bonchev–Trinajstić information content (AvgIpc) is 2.89. The van der Waals surface area contributed by atoms with E-state index >= 15 is 0 Å². The van der Waals surface area contributed by atoms with Crippen LogP contribution in [0, 0.1) is 20.8 Å². The zero-order valence-corrected chi connectivity index (χ0v) is 21.9. The van der Waals surface area contributed by atoms with E-state index in [1.807, 2.05) is 81.4 Å². The highest BCUT2D eigenvalue weighted by atomic mass is 16.6. The maximum absolute atomic E-state index is 13.4. The zero-order valence-electron chi connectivity index (χ0n) is 21.9. The summed E-state index contributed by atoms with van der Waals surface area (Å²) in [5.74, 6) is 0.693. The summed E-state index contributed by atoms with van der Waals surface area (Å²) in [4.78, 5) is 27.0. The lowest BCUT2D eigenvalue weighted by molar-refractivity contribution is -0.157. The first-order chi connectivity index (χ1) is 17.8. The Morgan fingerprint density at radius 3 is 2.41 bits per heavy atom. The summed E-state index contributed by atoms with van der Waals surface area (Å²) in [5.41, 5.74) is 5.61. The van der Waals surface area contributed by atoms with E-state index in [1.54, 1.807) is 18.9 Å². The topological polar surface area (TPSA) is 74.3 Å². The molecule has 7 nitrogen and oxygen atoms in total. The molecule has 1 heterocycles. The molecule has 1 aliphatic heterocycles. The summed E-state index contributed by atoms with van der Waals surface area (Å²) in [6.07, 6.45) is -0.832. The first-order valence-electron chi connectivity index (χ1n) is 12.4. The molecule has 0 unspecified atom stereocenters. The molecular weight excluding hydrogens is 470 g/mol. The Balaban J connectivity index is 1.66. The molecule has 1 saturated heterocycles. The van der Waals surface area contributed by atoms with Gasteiger partial charge in [-0.3, -0.25) is 9.69 Å². The molecule has 1 aliphatic rings. The van der Waals surface area contributed by atoms with Crippen LogP contribution in [0.15, 0.2) is 60.7 Å². The van der Waals surface area contributed by atoms with Crippen molar-refractivity contribution in [3.8, 4) is 11.5 Å². The zero-order chi connectivity index (χ0) is 26.5. The Morgan fingerprint density at radius 2 is 1.70 bits per heavy atom. The van der Waals surface area contributed by atoms with Gasteiger partial charge in [-0.2, -0.15) is 0 Å². The molecule has 3 aromatic carbocycles. The van der Waals surface area contributed by atoms with Crippen molar-refractivity contribution in [2.45, 2.75) is 46.4 Å². The van der Waals surface area contributed by atoms with Crippen molar-refractivity contribution in [2.75, 3.05) is 25.2 Å². The molecule has 7 heteroatoms. The van der Waals surface area contributed by atoms with Crippen LogP contribution in [0.2, 0.25) is 0 Å². The van der Waals surface area contributed by atoms with E-state index < -0.39 is 18.1 Å². The lowest BCUT2D eigenvalue weighted by Gasteiger charge is -2.47. The predicted octanol–water partition coefficient (Wildman–Crippen LogP) is 5.24. The second-order valence-electron chi connectivity index (χ2n) is 9.08. The molecule has 0 bridgehead atoms. The monoisotopic (exact) mass is 503 g/mol. The molecule has 194 valence electrons. The number of amides is 1. The number of carbonyl (C=O) groups is 2. The summed E-state index contributed by atoms with van der Waals surface area (Å²) >= 11 is 0. The third-order valence-electron chi connectivity index (χ3n) is 6.63. The Morgan fingerprint density at radius 1 is 0.946 bits per heavy atom. The number of aryl methyl sites for hydroxylation is 2. The minimum Gasteiger partial charge on any atom is -0.496 e. The minimum atomic E-state index is -0.832. The van der Waals surface area contributed by atoms with Crippen LogP contribution in [0.5, 0.6) is 11.5 Å².